The van der Waals surface area contributed by atoms with E-state index in [0.717, 1.165) is 16.9 Å². The number of hydrogen-bond donors (Lipinski definition) is 1. The average Bonchev–Trinajstić information content (AvgIpc) is 2.70. The summed E-state index contributed by atoms with van der Waals surface area (Å²) in [6, 6.07) is 10.4. The first-order valence-corrected chi connectivity index (χ1v) is 9.93. The van der Waals surface area contributed by atoms with Gasteiger partial charge in [-0.15, -0.1) is 0 Å². The van der Waals surface area contributed by atoms with Crippen LogP contribution in [0, 0.1) is 6.92 Å². The number of nitrogens with one attached hydrogen (secondary N) is 1. The number of methoxy groups -OCH3 is 1. The molecule has 1 aromatic heterocycles. The molecule has 2 rings (SSSR count). The topological polar surface area (TPSA) is 94.6 Å². The van der Waals surface area contributed by atoms with Gasteiger partial charge in [-0.3, -0.25) is 14.4 Å². The van der Waals surface area contributed by atoms with E-state index in [0.29, 0.717) is 0 Å². The summed E-state index contributed by atoms with van der Waals surface area (Å²) in [5.74, 6) is -0.152. The van der Waals surface area contributed by atoms with Crippen LogP contribution in [0.3, 0.4) is 0 Å². The maximum Gasteiger partial charge on any atom is 0.306 e. The zero-order valence-electron chi connectivity index (χ0n) is 18.5. The van der Waals surface area contributed by atoms with Crippen molar-refractivity contribution >= 4 is 29.6 Å². The molecule has 2 aromatic rings. The first-order chi connectivity index (χ1) is 14.6. The summed E-state index contributed by atoms with van der Waals surface area (Å²) in [7, 11) is 1.60. The van der Waals surface area contributed by atoms with Crippen LogP contribution in [0.4, 0.5) is 5.82 Å². The molecule has 0 aliphatic rings. The van der Waals surface area contributed by atoms with Crippen molar-refractivity contribution < 1.29 is 23.9 Å². The molecule has 1 N–H and O–H groups in total. The van der Waals surface area contributed by atoms with Crippen molar-refractivity contribution in [3.8, 4) is 5.75 Å². The van der Waals surface area contributed by atoms with E-state index in [9.17, 15) is 14.4 Å². The standard InChI is InChI=1S/C24H28N2O5/c1-16-9-10-17(15-20(16)30-5)11-12-19(27)18-7-6-8-21(25-18)26-22(28)13-14-23(29)31-24(2,3)4/h6-12,15H,13-14H2,1-5H3,(H,25,26,28)/b12-11+. The molecular weight excluding hydrogens is 396 g/mol. The molecule has 0 bridgehead atoms. The number of pyridine rings is 1. The molecular formula is C24H28N2O5. The van der Waals surface area contributed by atoms with Gasteiger partial charge < -0.3 is 14.8 Å². The van der Waals surface area contributed by atoms with Gasteiger partial charge in [-0.1, -0.05) is 24.3 Å². The molecule has 0 spiro atoms. The molecule has 1 heterocycles. The van der Waals surface area contributed by atoms with Crippen LogP contribution in [0.1, 0.15) is 55.2 Å². The Hall–Kier alpha value is -3.48. The Kier molecular flexibility index (Phi) is 8.07. The Morgan fingerprint density at radius 2 is 1.84 bits per heavy atom. The summed E-state index contributed by atoms with van der Waals surface area (Å²) in [4.78, 5) is 40.5. The molecule has 0 unspecified atom stereocenters. The molecule has 0 saturated heterocycles. The summed E-state index contributed by atoms with van der Waals surface area (Å²) < 4.78 is 10.5. The van der Waals surface area contributed by atoms with Gasteiger partial charge in [0.25, 0.3) is 0 Å². The van der Waals surface area contributed by atoms with Crippen molar-refractivity contribution in [2.24, 2.45) is 0 Å². The lowest BCUT2D eigenvalue weighted by atomic mass is 10.1. The molecule has 0 fully saturated rings. The highest BCUT2D eigenvalue weighted by Crippen LogP contribution is 2.20. The van der Waals surface area contributed by atoms with Gasteiger partial charge in [0.15, 0.2) is 0 Å². The van der Waals surface area contributed by atoms with Gasteiger partial charge in [0.2, 0.25) is 11.7 Å². The lowest BCUT2D eigenvalue weighted by Gasteiger charge is -2.19. The highest BCUT2D eigenvalue weighted by molar-refractivity contribution is 6.06. The van der Waals surface area contributed by atoms with Crippen LogP contribution in [0.5, 0.6) is 5.75 Å². The number of rotatable bonds is 8. The number of nitrogens with zero attached hydrogens (tertiary/aromatic N) is 1. The van der Waals surface area contributed by atoms with E-state index < -0.39 is 11.6 Å². The van der Waals surface area contributed by atoms with E-state index in [-0.39, 0.29) is 36.0 Å². The second-order valence-corrected chi connectivity index (χ2v) is 7.97. The number of carbonyl (C=O) groups excluding carboxylic acids is 3. The van der Waals surface area contributed by atoms with E-state index in [2.05, 4.69) is 10.3 Å². The van der Waals surface area contributed by atoms with Gasteiger partial charge in [0.1, 0.15) is 22.9 Å². The summed E-state index contributed by atoms with van der Waals surface area (Å²) >= 11 is 0. The number of amides is 1. The van der Waals surface area contributed by atoms with Gasteiger partial charge in [0.05, 0.1) is 13.5 Å². The fraction of sp³-hybridized carbons (Fsp3) is 0.333. The lowest BCUT2D eigenvalue weighted by Crippen LogP contribution is -2.24. The summed E-state index contributed by atoms with van der Waals surface area (Å²) in [6.45, 7) is 7.23. The molecule has 0 aliphatic heterocycles. The Morgan fingerprint density at radius 3 is 2.52 bits per heavy atom. The smallest absolute Gasteiger partial charge is 0.306 e. The van der Waals surface area contributed by atoms with Crippen molar-refractivity contribution in [1.82, 2.24) is 4.98 Å². The van der Waals surface area contributed by atoms with Crippen LogP contribution in [0.25, 0.3) is 6.08 Å². The number of carbonyl (C=O) groups is 3. The predicted molar refractivity (Wildman–Crippen MR) is 119 cm³/mol. The lowest BCUT2D eigenvalue weighted by molar-refractivity contribution is -0.155. The molecule has 7 nitrogen and oxygen atoms in total. The van der Waals surface area contributed by atoms with Crippen LogP contribution in [0.2, 0.25) is 0 Å². The number of aromatic nitrogens is 1. The van der Waals surface area contributed by atoms with Gasteiger partial charge in [-0.05, 0) is 63.1 Å². The monoisotopic (exact) mass is 424 g/mol. The number of anilines is 1. The summed E-state index contributed by atoms with van der Waals surface area (Å²) in [5.41, 5.74) is 1.42. The fourth-order valence-corrected chi connectivity index (χ4v) is 2.65. The van der Waals surface area contributed by atoms with Crippen molar-refractivity contribution in [3.05, 3.63) is 59.3 Å². The molecule has 164 valence electrons. The normalized spacial score (nSPS) is 11.3. The highest BCUT2D eigenvalue weighted by Gasteiger charge is 2.17. The highest BCUT2D eigenvalue weighted by atomic mass is 16.6. The number of allylic oxidation sites excluding steroid dienone is 1. The third-order valence-electron chi connectivity index (χ3n) is 4.10. The predicted octanol–water partition coefficient (Wildman–Crippen LogP) is 4.36. The number of ether oxygens (including phenoxy) is 2. The molecule has 1 amide bonds. The SMILES string of the molecule is COc1cc(/C=C/C(=O)c2cccc(NC(=O)CCC(=O)OC(C)(C)C)n2)ccc1C. The van der Waals surface area contributed by atoms with E-state index >= 15 is 0 Å². The maximum atomic E-state index is 12.5. The molecule has 0 radical (unpaired) electrons. The van der Waals surface area contributed by atoms with E-state index in [1.54, 1.807) is 52.2 Å². The van der Waals surface area contributed by atoms with Crippen LogP contribution >= 0.6 is 0 Å². The third-order valence-corrected chi connectivity index (χ3v) is 4.10. The largest absolute Gasteiger partial charge is 0.496 e. The van der Waals surface area contributed by atoms with Crippen LogP contribution in [-0.4, -0.2) is 35.4 Å². The minimum absolute atomic E-state index is 0.0372. The van der Waals surface area contributed by atoms with Crippen molar-refractivity contribution in [2.75, 3.05) is 12.4 Å². The van der Waals surface area contributed by atoms with Crippen molar-refractivity contribution in [1.29, 1.82) is 0 Å². The number of esters is 1. The number of benzene rings is 1. The van der Waals surface area contributed by atoms with Crippen molar-refractivity contribution in [2.45, 2.75) is 46.1 Å². The van der Waals surface area contributed by atoms with Crippen LogP contribution in [0.15, 0.2) is 42.5 Å². The Bertz CT molecular complexity index is 990. The quantitative estimate of drug-likeness (QED) is 0.384. The van der Waals surface area contributed by atoms with Gasteiger partial charge in [-0.2, -0.15) is 0 Å². The zero-order valence-corrected chi connectivity index (χ0v) is 18.5. The first kappa shape index (κ1) is 23.8. The second-order valence-electron chi connectivity index (χ2n) is 7.97. The third kappa shape index (κ3) is 8.04. The zero-order chi connectivity index (χ0) is 23.0. The number of aryl methyl sites for hydroxylation is 1. The minimum atomic E-state index is -0.596. The van der Waals surface area contributed by atoms with Crippen molar-refractivity contribution in [3.63, 3.8) is 0 Å². The van der Waals surface area contributed by atoms with Crippen LogP contribution in [-0.2, 0) is 14.3 Å². The molecule has 7 heteroatoms. The van der Waals surface area contributed by atoms with E-state index in [1.807, 2.05) is 25.1 Å². The van der Waals surface area contributed by atoms with E-state index in [4.69, 9.17) is 9.47 Å². The molecule has 1 aromatic carbocycles. The second kappa shape index (κ2) is 10.5. The Morgan fingerprint density at radius 1 is 1.10 bits per heavy atom. The fourth-order valence-electron chi connectivity index (χ4n) is 2.65. The molecule has 0 saturated carbocycles. The first-order valence-electron chi connectivity index (χ1n) is 9.93. The van der Waals surface area contributed by atoms with Gasteiger partial charge in [0, 0.05) is 6.42 Å². The van der Waals surface area contributed by atoms with E-state index in [1.165, 1.54) is 6.08 Å². The average molecular weight is 424 g/mol. The summed E-state index contributed by atoms with van der Waals surface area (Å²) in [5, 5.41) is 2.60. The Balaban J connectivity index is 1.97. The number of ketones is 1. The summed E-state index contributed by atoms with van der Waals surface area (Å²) in [6.07, 6.45) is 3.02. The minimum Gasteiger partial charge on any atom is -0.496 e. The Labute approximate surface area is 182 Å². The van der Waals surface area contributed by atoms with Crippen LogP contribution < -0.4 is 10.1 Å². The number of hydrogen-bond acceptors (Lipinski definition) is 6. The molecule has 31 heavy (non-hydrogen) atoms. The van der Waals surface area contributed by atoms with Gasteiger partial charge >= 0.3 is 5.97 Å². The molecule has 0 atom stereocenters. The maximum absolute atomic E-state index is 12.5. The molecule has 0 aliphatic carbocycles. The van der Waals surface area contributed by atoms with Gasteiger partial charge in [-0.25, -0.2) is 4.98 Å².